The Kier molecular flexibility index (Phi) is 11.5. The summed E-state index contributed by atoms with van der Waals surface area (Å²) in [6, 6.07) is 36.7. The Morgan fingerprint density at radius 2 is 1.35 bits per heavy atom. The number of benzene rings is 5. The van der Waals surface area contributed by atoms with E-state index in [1.54, 1.807) is 60.7 Å². The van der Waals surface area contributed by atoms with Gasteiger partial charge in [0.15, 0.2) is 11.5 Å². The number of ether oxygens (including phenoxy) is 2. The topological polar surface area (TPSA) is 106 Å². The van der Waals surface area contributed by atoms with E-state index in [2.05, 4.69) is 22.0 Å². The summed E-state index contributed by atoms with van der Waals surface area (Å²) in [4.78, 5) is 41.2. The maximum atomic E-state index is 13.7. The minimum Gasteiger partial charge on any atom is -0.493 e. The molecule has 0 fully saturated rings. The number of nitrogens with one attached hydrogen (secondary N) is 3. The number of aryl methyl sites for hydroxylation is 2. The Labute approximate surface area is 290 Å². The molecule has 8 nitrogen and oxygen atoms in total. The number of carbonyl (C=O) groups excluding carboxylic acids is 3. The lowest BCUT2D eigenvalue weighted by atomic mass is 10.1. The monoisotopic (exact) mass is 671 g/mol. The molecular formula is C40H37N3O5S. The fraction of sp³-hybridized carbons (Fsp3) is 0.125. The third-order valence-corrected chi connectivity index (χ3v) is 8.72. The van der Waals surface area contributed by atoms with E-state index in [1.165, 1.54) is 26.0 Å². The molecule has 49 heavy (non-hydrogen) atoms. The molecule has 5 rings (SSSR count). The number of para-hydroxylation sites is 1. The molecule has 0 aromatic heterocycles. The van der Waals surface area contributed by atoms with E-state index < -0.39 is 17.1 Å². The highest BCUT2D eigenvalue weighted by atomic mass is 32.2. The molecular weight excluding hydrogens is 635 g/mol. The van der Waals surface area contributed by atoms with Crippen LogP contribution in [-0.4, -0.2) is 31.9 Å². The van der Waals surface area contributed by atoms with Gasteiger partial charge in [-0.3, -0.25) is 14.4 Å². The minimum atomic E-state index is -0.537. The van der Waals surface area contributed by atoms with E-state index in [1.807, 2.05) is 74.5 Å². The van der Waals surface area contributed by atoms with Crippen LogP contribution in [-0.2, 0) is 9.59 Å². The lowest BCUT2D eigenvalue weighted by Gasteiger charge is -2.18. The largest absolute Gasteiger partial charge is 0.493 e. The predicted molar refractivity (Wildman–Crippen MR) is 196 cm³/mol. The zero-order chi connectivity index (χ0) is 34.8. The molecule has 0 bridgehead atoms. The smallest absolute Gasteiger partial charge is 0.272 e. The van der Waals surface area contributed by atoms with Crippen molar-refractivity contribution >= 4 is 46.9 Å². The number of amides is 3. The molecule has 0 heterocycles. The highest BCUT2D eigenvalue weighted by molar-refractivity contribution is 8.00. The number of methoxy groups -OCH3 is 2. The van der Waals surface area contributed by atoms with E-state index in [9.17, 15) is 14.4 Å². The molecule has 5 aromatic rings. The van der Waals surface area contributed by atoms with Gasteiger partial charge in [0.1, 0.15) is 10.9 Å². The van der Waals surface area contributed by atoms with Crippen LogP contribution in [0.15, 0.2) is 132 Å². The molecule has 0 saturated heterocycles. The van der Waals surface area contributed by atoms with Crippen molar-refractivity contribution in [3.8, 4) is 11.5 Å². The van der Waals surface area contributed by atoms with Crippen LogP contribution in [0.25, 0.3) is 6.08 Å². The van der Waals surface area contributed by atoms with E-state index >= 15 is 0 Å². The van der Waals surface area contributed by atoms with Crippen molar-refractivity contribution in [3.05, 3.63) is 155 Å². The standard InChI is InChI=1S/C40H37N3O5S/c1-26-22-27(2)24-32(23-26)42-40(46)37(28-12-7-5-8-13-28)49-33-20-18-31(19-21-33)41-39(45)34(43-38(44)29-14-9-6-10-15-29)25-30-16-11-17-35(47-3)36(30)48-4/h5-25,37H,1-4H3,(H,41,45)(H,42,46)(H,43,44)/b34-25-. The van der Waals surface area contributed by atoms with Gasteiger partial charge in [-0.1, -0.05) is 66.7 Å². The van der Waals surface area contributed by atoms with E-state index in [-0.39, 0.29) is 11.6 Å². The first-order valence-corrected chi connectivity index (χ1v) is 16.4. The van der Waals surface area contributed by atoms with Crippen molar-refractivity contribution < 1.29 is 23.9 Å². The Balaban J connectivity index is 1.37. The van der Waals surface area contributed by atoms with Crippen LogP contribution in [0, 0.1) is 13.8 Å². The number of thioether (sulfide) groups is 1. The Morgan fingerprint density at radius 3 is 1.98 bits per heavy atom. The molecule has 3 amide bonds. The molecule has 5 aromatic carbocycles. The predicted octanol–water partition coefficient (Wildman–Crippen LogP) is 8.20. The first-order chi connectivity index (χ1) is 23.7. The van der Waals surface area contributed by atoms with Gasteiger partial charge in [0.2, 0.25) is 5.91 Å². The van der Waals surface area contributed by atoms with Gasteiger partial charge in [-0.15, -0.1) is 11.8 Å². The van der Waals surface area contributed by atoms with Crippen molar-refractivity contribution in [2.24, 2.45) is 0 Å². The summed E-state index contributed by atoms with van der Waals surface area (Å²) in [5.41, 5.74) is 5.19. The van der Waals surface area contributed by atoms with Crippen LogP contribution in [0.4, 0.5) is 11.4 Å². The molecule has 1 atom stereocenters. The summed E-state index contributed by atoms with van der Waals surface area (Å²) >= 11 is 1.41. The van der Waals surface area contributed by atoms with Gasteiger partial charge in [0.05, 0.1) is 14.2 Å². The van der Waals surface area contributed by atoms with Crippen molar-refractivity contribution in [3.63, 3.8) is 0 Å². The average Bonchev–Trinajstić information content (AvgIpc) is 3.11. The number of anilines is 2. The summed E-state index contributed by atoms with van der Waals surface area (Å²) in [5, 5.41) is 8.19. The molecule has 3 N–H and O–H groups in total. The van der Waals surface area contributed by atoms with Gasteiger partial charge >= 0.3 is 0 Å². The minimum absolute atomic E-state index is 0.00561. The highest BCUT2D eigenvalue weighted by Gasteiger charge is 2.23. The molecule has 248 valence electrons. The molecule has 0 spiro atoms. The molecule has 0 radical (unpaired) electrons. The van der Waals surface area contributed by atoms with Crippen LogP contribution in [0.5, 0.6) is 11.5 Å². The quantitative estimate of drug-likeness (QED) is 0.0913. The van der Waals surface area contributed by atoms with Gasteiger partial charge in [-0.2, -0.15) is 0 Å². The third-order valence-electron chi connectivity index (χ3n) is 7.46. The van der Waals surface area contributed by atoms with E-state index in [4.69, 9.17) is 9.47 Å². The van der Waals surface area contributed by atoms with Crippen LogP contribution in [0.3, 0.4) is 0 Å². The maximum Gasteiger partial charge on any atom is 0.272 e. The summed E-state index contributed by atoms with van der Waals surface area (Å²) in [5.74, 6) is -0.225. The van der Waals surface area contributed by atoms with E-state index in [0.717, 1.165) is 27.3 Å². The van der Waals surface area contributed by atoms with E-state index in [0.29, 0.717) is 28.3 Å². The van der Waals surface area contributed by atoms with Crippen LogP contribution >= 0.6 is 11.8 Å². The van der Waals surface area contributed by atoms with Crippen molar-refractivity contribution in [1.82, 2.24) is 5.32 Å². The maximum absolute atomic E-state index is 13.7. The summed E-state index contributed by atoms with van der Waals surface area (Å²) < 4.78 is 11.0. The SMILES string of the molecule is COc1cccc(/C=C(\NC(=O)c2ccccc2)C(=O)Nc2ccc(SC(C(=O)Nc3cc(C)cc(C)c3)c3ccccc3)cc2)c1OC. The molecule has 0 aliphatic heterocycles. The van der Waals surface area contributed by atoms with Crippen molar-refractivity contribution in [1.29, 1.82) is 0 Å². The lowest BCUT2D eigenvalue weighted by molar-refractivity contribution is -0.116. The van der Waals surface area contributed by atoms with Gasteiger partial charge in [-0.05, 0) is 91.2 Å². The summed E-state index contributed by atoms with van der Waals surface area (Å²) in [6.45, 7) is 4.00. The number of carbonyl (C=O) groups is 3. The summed E-state index contributed by atoms with van der Waals surface area (Å²) in [6.07, 6.45) is 1.54. The number of hydrogen-bond donors (Lipinski definition) is 3. The van der Waals surface area contributed by atoms with Crippen molar-refractivity contribution in [2.45, 2.75) is 24.0 Å². The van der Waals surface area contributed by atoms with Crippen LogP contribution in [0.1, 0.15) is 37.9 Å². The first kappa shape index (κ1) is 34.5. The fourth-order valence-electron chi connectivity index (χ4n) is 5.23. The number of hydrogen-bond acceptors (Lipinski definition) is 6. The second-order valence-corrected chi connectivity index (χ2v) is 12.4. The highest BCUT2D eigenvalue weighted by Crippen LogP contribution is 2.37. The molecule has 0 saturated carbocycles. The molecule has 0 aliphatic carbocycles. The Morgan fingerprint density at radius 1 is 0.694 bits per heavy atom. The zero-order valence-electron chi connectivity index (χ0n) is 27.7. The molecule has 0 aliphatic rings. The lowest BCUT2D eigenvalue weighted by Crippen LogP contribution is -2.30. The van der Waals surface area contributed by atoms with Gasteiger partial charge in [0.25, 0.3) is 11.8 Å². The zero-order valence-corrected chi connectivity index (χ0v) is 28.5. The molecule has 9 heteroatoms. The van der Waals surface area contributed by atoms with Gasteiger partial charge in [0, 0.05) is 27.4 Å². The fourth-order valence-corrected chi connectivity index (χ4v) is 6.25. The van der Waals surface area contributed by atoms with Crippen molar-refractivity contribution in [2.75, 3.05) is 24.9 Å². The van der Waals surface area contributed by atoms with Gasteiger partial charge < -0.3 is 25.4 Å². The van der Waals surface area contributed by atoms with Crippen LogP contribution in [0.2, 0.25) is 0 Å². The van der Waals surface area contributed by atoms with Gasteiger partial charge in [-0.25, -0.2) is 0 Å². The Bertz CT molecular complexity index is 1940. The third kappa shape index (κ3) is 9.18. The average molecular weight is 672 g/mol. The summed E-state index contributed by atoms with van der Waals surface area (Å²) in [7, 11) is 3.03. The first-order valence-electron chi connectivity index (χ1n) is 15.6. The normalized spacial score (nSPS) is 11.6. The van der Waals surface area contributed by atoms with Crippen LogP contribution < -0.4 is 25.4 Å². The second kappa shape index (κ2) is 16.3. The second-order valence-electron chi connectivity index (χ2n) is 11.2. The molecule has 1 unspecified atom stereocenters. The Hall–Kier alpha value is -5.80. The number of rotatable bonds is 12.